The van der Waals surface area contributed by atoms with Gasteiger partial charge in [0.2, 0.25) is 0 Å². The minimum Gasteiger partial charge on any atom is -0.496 e. The topological polar surface area (TPSA) is 52.3 Å². The number of Topliss-reactive ketones (excluding diaryl/α,β-unsaturated/α-hetero) is 1. The molecule has 20 heavy (non-hydrogen) atoms. The normalized spacial score (nSPS) is 13.6. The van der Waals surface area contributed by atoms with Gasteiger partial charge in [-0.2, -0.15) is 0 Å². The molecule has 0 aliphatic heterocycles. The maximum Gasteiger partial charge on any atom is 0.161 e. The molecule has 3 heteroatoms. The van der Waals surface area contributed by atoms with E-state index >= 15 is 0 Å². The largest absolute Gasteiger partial charge is 0.496 e. The quantitative estimate of drug-likeness (QED) is 0.908. The van der Waals surface area contributed by atoms with Crippen LogP contribution in [0.1, 0.15) is 18.1 Å². The number of methoxy groups -OCH3 is 1. The second kappa shape index (κ2) is 5.88. The lowest BCUT2D eigenvalue weighted by molar-refractivity contribution is -0.123. The van der Waals surface area contributed by atoms with Crippen LogP contribution in [-0.4, -0.2) is 12.9 Å². The van der Waals surface area contributed by atoms with Gasteiger partial charge in [-0.25, -0.2) is 0 Å². The number of benzene rings is 2. The van der Waals surface area contributed by atoms with Gasteiger partial charge in [0.25, 0.3) is 0 Å². The Balaban J connectivity index is 2.24. The number of ether oxygens (including phenoxy) is 1. The number of ketones is 1. The minimum atomic E-state index is -0.998. The summed E-state index contributed by atoms with van der Waals surface area (Å²) in [7, 11) is 1.60. The first kappa shape index (κ1) is 14.3. The molecule has 104 valence electrons. The third-order valence-electron chi connectivity index (χ3n) is 3.50. The Morgan fingerprint density at radius 1 is 1.10 bits per heavy atom. The van der Waals surface area contributed by atoms with Crippen LogP contribution in [0, 0.1) is 0 Å². The number of carbonyl (C=O) groups is 1. The summed E-state index contributed by atoms with van der Waals surface area (Å²) < 4.78 is 5.27. The van der Waals surface area contributed by atoms with Crippen molar-refractivity contribution in [3.05, 3.63) is 65.7 Å². The first-order valence-electron chi connectivity index (χ1n) is 6.55. The van der Waals surface area contributed by atoms with E-state index in [0.29, 0.717) is 5.75 Å². The van der Waals surface area contributed by atoms with Crippen molar-refractivity contribution in [2.75, 3.05) is 7.11 Å². The lowest BCUT2D eigenvalue weighted by Gasteiger charge is -2.24. The third kappa shape index (κ3) is 2.89. The number of rotatable bonds is 5. The van der Waals surface area contributed by atoms with Crippen molar-refractivity contribution in [2.24, 2.45) is 5.73 Å². The lowest BCUT2D eigenvalue weighted by Crippen LogP contribution is -2.42. The van der Waals surface area contributed by atoms with Gasteiger partial charge in [0.1, 0.15) is 5.75 Å². The molecular weight excluding hydrogens is 250 g/mol. The summed E-state index contributed by atoms with van der Waals surface area (Å²) in [6.45, 7) is 1.75. The van der Waals surface area contributed by atoms with Crippen LogP contribution >= 0.6 is 0 Å². The van der Waals surface area contributed by atoms with Crippen LogP contribution in [-0.2, 0) is 16.8 Å². The Morgan fingerprint density at radius 2 is 1.70 bits per heavy atom. The van der Waals surface area contributed by atoms with Gasteiger partial charge >= 0.3 is 0 Å². The molecule has 0 bridgehead atoms. The van der Waals surface area contributed by atoms with E-state index in [9.17, 15) is 4.79 Å². The SMILES string of the molecule is COc1ccccc1CC(=O)C(C)(N)c1ccccc1. The van der Waals surface area contributed by atoms with E-state index in [4.69, 9.17) is 10.5 Å². The summed E-state index contributed by atoms with van der Waals surface area (Å²) in [4.78, 5) is 12.5. The zero-order chi connectivity index (χ0) is 14.6. The predicted molar refractivity (Wildman–Crippen MR) is 79.7 cm³/mol. The smallest absolute Gasteiger partial charge is 0.161 e. The summed E-state index contributed by atoms with van der Waals surface area (Å²) in [5.41, 5.74) is 6.91. The monoisotopic (exact) mass is 269 g/mol. The van der Waals surface area contributed by atoms with Gasteiger partial charge in [-0.05, 0) is 18.6 Å². The molecule has 1 unspecified atom stereocenters. The van der Waals surface area contributed by atoms with Crippen molar-refractivity contribution < 1.29 is 9.53 Å². The van der Waals surface area contributed by atoms with Gasteiger partial charge in [-0.3, -0.25) is 4.79 Å². The van der Waals surface area contributed by atoms with Gasteiger partial charge in [0.15, 0.2) is 5.78 Å². The number of para-hydroxylation sites is 1. The Morgan fingerprint density at radius 3 is 2.35 bits per heavy atom. The van der Waals surface area contributed by atoms with E-state index in [0.717, 1.165) is 11.1 Å². The Bertz CT molecular complexity index is 591. The maximum atomic E-state index is 12.5. The molecule has 0 amide bonds. The van der Waals surface area contributed by atoms with Gasteiger partial charge < -0.3 is 10.5 Å². The highest BCUT2D eigenvalue weighted by molar-refractivity contribution is 5.91. The first-order chi connectivity index (χ1) is 9.55. The summed E-state index contributed by atoms with van der Waals surface area (Å²) in [5, 5.41) is 0. The Hall–Kier alpha value is -2.13. The lowest BCUT2D eigenvalue weighted by atomic mass is 9.85. The van der Waals surface area contributed by atoms with Crippen LogP contribution in [0.3, 0.4) is 0 Å². The van der Waals surface area contributed by atoms with Crippen molar-refractivity contribution in [1.29, 1.82) is 0 Å². The number of hydrogen-bond acceptors (Lipinski definition) is 3. The molecule has 2 N–H and O–H groups in total. The highest BCUT2D eigenvalue weighted by Crippen LogP contribution is 2.24. The van der Waals surface area contributed by atoms with Crippen molar-refractivity contribution in [3.63, 3.8) is 0 Å². The van der Waals surface area contributed by atoms with Crippen LogP contribution in [0.2, 0.25) is 0 Å². The average molecular weight is 269 g/mol. The summed E-state index contributed by atoms with van der Waals surface area (Å²) in [6, 6.07) is 16.9. The van der Waals surface area contributed by atoms with Crippen LogP contribution < -0.4 is 10.5 Å². The molecule has 2 aromatic carbocycles. The van der Waals surface area contributed by atoms with Gasteiger partial charge in [-0.1, -0.05) is 48.5 Å². The van der Waals surface area contributed by atoms with E-state index in [1.165, 1.54) is 0 Å². The van der Waals surface area contributed by atoms with Crippen molar-refractivity contribution >= 4 is 5.78 Å². The molecule has 3 nitrogen and oxygen atoms in total. The highest BCUT2D eigenvalue weighted by atomic mass is 16.5. The summed E-state index contributed by atoms with van der Waals surface area (Å²) >= 11 is 0. The Labute approximate surface area is 119 Å². The van der Waals surface area contributed by atoms with Crippen molar-refractivity contribution in [1.82, 2.24) is 0 Å². The number of nitrogens with two attached hydrogens (primary N) is 1. The third-order valence-corrected chi connectivity index (χ3v) is 3.50. The fraction of sp³-hybridized carbons (Fsp3) is 0.235. The summed E-state index contributed by atoms with van der Waals surface area (Å²) in [6.07, 6.45) is 0.256. The zero-order valence-electron chi connectivity index (χ0n) is 11.8. The molecule has 0 spiro atoms. The predicted octanol–water partition coefficient (Wildman–Crippen LogP) is 2.68. The van der Waals surface area contributed by atoms with Crippen LogP contribution in [0.4, 0.5) is 0 Å². The minimum absolute atomic E-state index is 0.0341. The van der Waals surface area contributed by atoms with E-state index in [-0.39, 0.29) is 12.2 Å². The van der Waals surface area contributed by atoms with Gasteiger partial charge in [0.05, 0.1) is 12.6 Å². The number of hydrogen-bond donors (Lipinski definition) is 1. The van der Waals surface area contributed by atoms with E-state index in [1.54, 1.807) is 14.0 Å². The average Bonchev–Trinajstić information content (AvgIpc) is 2.48. The molecular formula is C17H19NO2. The van der Waals surface area contributed by atoms with E-state index in [2.05, 4.69) is 0 Å². The maximum absolute atomic E-state index is 12.5. The molecule has 0 saturated heterocycles. The van der Waals surface area contributed by atoms with Crippen LogP contribution in [0.25, 0.3) is 0 Å². The molecule has 0 aromatic heterocycles. The second-order valence-corrected chi connectivity index (χ2v) is 4.98. The van der Waals surface area contributed by atoms with E-state index in [1.807, 2.05) is 54.6 Å². The fourth-order valence-corrected chi connectivity index (χ4v) is 2.15. The van der Waals surface area contributed by atoms with Crippen molar-refractivity contribution in [2.45, 2.75) is 18.9 Å². The second-order valence-electron chi connectivity index (χ2n) is 4.98. The standard InChI is InChI=1S/C17H19NO2/c1-17(18,14-9-4-3-5-10-14)16(19)12-13-8-6-7-11-15(13)20-2/h3-11H,12,18H2,1-2H3. The molecule has 0 saturated carbocycles. The first-order valence-corrected chi connectivity index (χ1v) is 6.55. The summed E-state index contributed by atoms with van der Waals surface area (Å²) in [5.74, 6) is 0.679. The molecule has 0 fully saturated rings. The molecule has 0 radical (unpaired) electrons. The van der Waals surface area contributed by atoms with E-state index < -0.39 is 5.54 Å². The molecule has 0 aliphatic carbocycles. The molecule has 2 rings (SSSR count). The molecule has 0 heterocycles. The van der Waals surface area contributed by atoms with Crippen molar-refractivity contribution in [3.8, 4) is 5.75 Å². The number of carbonyl (C=O) groups excluding carboxylic acids is 1. The zero-order valence-corrected chi connectivity index (χ0v) is 11.8. The van der Waals surface area contributed by atoms with Gasteiger partial charge in [-0.15, -0.1) is 0 Å². The van der Waals surface area contributed by atoms with Crippen LogP contribution in [0.15, 0.2) is 54.6 Å². The molecule has 2 aromatic rings. The highest BCUT2D eigenvalue weighted by Gasteiger charge is 2.30. The fourth-order valence-electron chi connectivity index (χ4n) is 2.15. The molecule has 0 aliphatic rings. The Kier molecular flexibility index (Phi) is 4.20. The molecule has 1 atom stereocenters. The van der Waals surface area contributed by atoms with Crippen LogP contribution in [0.5, 0.6) is 5.75 Å². The van der Waals surface area contributed by atoms with Gasteiger partial charge in [0, 0.05) is 12.0 Å².